The zero-order valence-electron chi connectivity index (χ0n) is 7.07. The van der Waals surface area contributed by atoms with Crippen molar-refractivity contribution < 1.29 is 9.53 Å². The maximum absolute atomic E-state index is 10.3. The number of hydrogen-bond donors (Lipinski definition) is 3. The van der Waals surface area contributed by atoms with Gasteiger partial charge in [-0.1, -0.05) is 0 Å². The fourth-order valence-corrected chi connectivity index (χ4v) is 0.701. The Bertz CT molecular complexity index is 285. The molecule has 0 aromatic carbocycles. The number of nitrogens with two attached hydrogens (primary N) is 1. The Kier molecular flexibility index (Phi) is 2.91. The van der Waals surface area contributed by atoms with Gasteiger partial charge in [0.25, 0.3) is 0 Å². The number of nitrogens with one attached hydrogen (secondary N) is 2. The number of rotatable bonds is 3. The summed E-state index contributed by atoms with van der Waals surface area (Å²) >= 11 is 0. The SMILES string of the molecule is COc1ccc(NNC(N)=O)nc1. The zero-order valence-corrected chi connectivity index (χ0v) is 7.07. The summed E-state index contributed by atoms with van der Waals surface area (Å²) in [5.41, 5.74) is 9.52. The van der Waals surface area contributed by atoms with Gasteiger partial charge in [0, 0.05) is 0 Å². The Morgan fingerprint density at radius 2 is 2.38 bits per heavy atom. The second kappa shape index (κ2) is 4.15. The third-order valence-corrected chi connectivity index (χ3v) is 1.29. The molecule has 0 saturated carbocycles. The maximum Gasteiger partial charge on any atom is 0.330 e. The minimum atomic E-state index is -0.669. The molecule has 0 saturated heterocycles. The molecule has 0 spiro atoms. The van der Waals surface area contributed by atoms with Crippen LogP contribution in [0.15, 0.2) is 18.3 Å². The summed E-state index contributed by atoms with van der Waals surface area (Å²) in [7, 11) is 1.55. The molecule has 1 aromatic heterocycles. The summed E-state index contributed by atoms with van der Waals surface area (Å²) in [5, 5.41) is 0. The summed E-state index contributed by atoms with van der Waals surface area (Å²) < 4.78 is 4.89. The molecule has 0 atom stereocenters. The van der Waals surface area contributed by atoms with E-state index in [0.717, 1.165) is 0 Å². The van der Waals surface area contributed by atoms with Crippen LogP contribution in [-0.2, 0) is 0 Å². The molecule has 6 heteroatoms. The van der Waals surface area contributed by atoms with E-state index < -0.39 is 6.03 Å². The highest BCUT2D eigenvalue weighted by atomic mass is 16.5. The third-order valence-electron chi connectivity index (χ3n) is 1.29. The first-order valence-electron chi connectivity index (χ1n) is 3.54. The van der Waals surface area contributed by atoms with Crippen LogP contribution in [0.5, 0.6) is 5.75 Å². The van der Waals surface area contributed by atoms with Crippen molar-refractivity contribution in [1.82, 2.24) is 10.4 Å². The number of primary amides is 1. The first-order valence-corrected chi connectivity index (χ1v) is 3.54. The Morgan fingerprint density at radius 3 is 2.85 bits per heavy atom. The standard InChI is InChI=1S/C7H10N4O2/c1-13-5-2-3-6(9-4-5)10-11-7(8)12/h2-4H,1H3,(H,9,10)(H3,8,11,12). The number of methoxy groups -OCH3 is 1. The molecular formula is C7H10N4O2. The number of amides is 2. The van der Waals surface area contributed by atoms with Crippen LogP contribution in [0.25, 0.3) is 0 Å². The Morgan fingerprint density at radius 1 is 1.62 bits per heavy atom. The lowest BCUT2D eigenvalue weighted by Crippen LogP contribution is -2.34. The lowest BCUT2D eigenvalue weighted by atomic mass is 10.4. The molecule has 4 N–H and O–H groups in total. The minimum absolute atomic E-state index is 0.486. The minimum Gasteiger partial charge on any atom is -0.495 e. The third kappa shape index (κ3) is 2.86. The van der Waals surface area contributed by atoms with Crippen molar-refractivity contribution in [3.05, 3.63) is 18.3 Å². The topological polar surface area (TPSA) is 89.3 Å². The quantitative estimate of drug-likeness (QED) is 0.578. The number of hydrazine groups is 1. The molecular weight excluding hydrogens is 172 g/mol. The van der Waals surface area contributed by atoms with Crippen molar-refractivity contribution in [2.45, 2.75) is 0 Å². The lowest BCUT2D eigenvalue weighted by molar-refractivity contribution is 0.250. The van der Waals surface area contributed by atoms with Gasteiger partial charge < -0.3 is 10.5 Å². The van der Waals surface area contributed by atoms with E-state index in [1.54, 1.807) is 19.2 Å². The maximum atomic E-state index is 10.3. The van der Waals surface area contributed by atoms with Crippen LogP contribution < -0.4 is 21.3 Å². The smallest absolute Gasteiger partial charge is 0.330 e. The number of carbonyl (C=O) groups excluding carboxylic acids is 1. The van der Waals surface area contributed by atoms with Gasteiger partial charge in [-0.15, -0.1) is 0 Å². The van der Waals surface area contributed by atoms with Crippen LogP contribution >= 0.6 is 0 Å². The molecule has 70 valence electrons. The fourth-order valence-electron chi connectivity index (χ4n) is 0.701. The van der Waals surface area contributed by atoms with Gasteiger partial charge in [0.1, 0.15) is 11.6 Å². The van der Waals surface area contributed by atoms with Crippen LogP contribution in [0.4, 0.5) is 10.6 Å². The van der Waals surface area contributed by atoms with E-state index in [2.05, 4.69) is 15.8 Å². The first kappa shape index (κ1) is 9.11. The number of hydrogen-bond acceptors (Lipinski definition) is 4. The van der Waals surface area contributed by atoms with Gasteiger partial charge in [0.05, 0.1) is 13.3 Å². The molecule has 0 aliphatic heterocycles. The molecule has 0 unspecified atom stereocenters. The number of carbonyl (C=O) groups is 1. The van der Waals surface area contributed by atoms with Crippen LogP contribution in [0.1, 0.15) is 0 Å². The van der Waals surface area contributed by atoms with Crippen molar-refractivity contribution in [2.24, 2.45) is 5.73 Å². The van der Waals surface area contributed by atoms with Crippen molar-refractivity contribution in [3.63, 3.8) is 0 Å². The number of ether oxygens (including phenoxy) is 1. The van der Waals surface area contributed by atoms with Gasteiger partial charge in [0.2, 0.25) is 0 Å². The Balaban J connectivity index is 2.54. The van der Waals surface area contributed by atoms with Gasteiger partial charge in [-0.3, -0.25) is 10.9 Å². The number of urea groups is 1. The Hall–Kier alpha value is -1.98. The monoisotopic (exact) mass is 182 g/mol. The number of anilines is 1. The molecule has 6 nitrogen and oxygen atoms in total. The second-order valence-electron chi connectivity index (χ2n) is 2.20. The largest absolute Gasteiger partial charge is 0.495 e. The molecule has 1 heterocycles. The number of nitrogens with zero attached hydrogens (tertiary/aromatic N) is 1. The van der Waals surface area contributed by atoms with Gasteiger partial charge in [-0.05, 0) is 12.1 Å². The number of aromatic nitrogens is 1. The van der Waals surface area contributed by atoms with Crippen LogP contribution in [0, 0.1) is 0 Å². The van der Waals surface area contributed by atoms with Crippen LogP contribution in [0.2, 0.25) is 0 Å². The molecule has 13 heavy (non-hydrogen) atoms. The summed E-state index contributed by atoms with van der Waals surface area (Å²) in [5.74, 6) is 1.13. The molecule has 1 aromatic rings. The molecule has 2 amide bonds. The second-order valence-corrected chi connectivity index (χ2v) is 2.20. The van der Waals surface area contributed by atoms with E-state index in [0.29, 0.717) is 11.6 Å². The fraction of sp³-hybridized carbons (Fsp3) is 0.143. The van der Waals surface area contributed by atoms with Gasteiger partial charge in [-0.25, -0.2) is 9.78 Å². The average molecular weight is 182 g/mol. The predicted molar refractivity (Wildman–Crippen MR) is 47.1 cm³/mol. The van der Waals surface area contributed by atoms with E-state index >= 15 is 0 Å². The summed E-state index contributed by atoms with van der Waals surface area (Å²) in [6.45, 7) is 0. The normalized spacial score (nSPS) is 9.00. The van der Waals surface area contributed by atoms with Crippen molar-refractivity contribution >= 4 is 11.8 Å². The highest BCUT2D eigenvalue weighted by Gasteiger charge is 1.95. The highest BCUT2D eigenvalue weighted by Crippen LogP contribution is 2.09. The summed E-state index contributed by atoms with van der Waals surface area (Å²) in [4.78, 5) is 14.2. The molecule has 1 rings (SSSR count). The molecule has 0 aliphatic rings. The molecule has 0 bridgehead atoms. The first-order chi connectivity index (χ1) is 6.22. The molecule has 0 aliphatic carbocycles. The van der Waals surface area contributed by atoms with Gasteiger partial charge in [-0.2, -0.15) is 0 Å². The lowest BCUT2D eigenvalue weighted by Gasteiger charge is -2.05. The van der Waals surface area contributed by atoms with E-state index in [4.69, 9.17) is 10.5 Å². The van der Waals surface area contributed by atoms with Crippen molar-refractivity contribution in [1.29, 1.82) is 0 Å². The molecule has 0 fully saturated rings. The van der Waals surface area contributed by atoms with E-state index in [9.17, 15) is 4.79 Å². The summed E-state index contributed by atoms with van der Waals surface area (Å²) in [6, 6.07) is 2.69. The molecule has 0 radical (unpaired) electrons. The van der Waals surface area contributed by atoms with Gasteiger partial charge >= 0.3 is 6.03 Å². The number of pyridine rings is 1. The van der Waals surface area contributed by atoms with E-state index in [1.807, 2.05) is 0 Å². The van der Waals surface area contributed by atoms with Crippen LogP contribution in [0.3, 0.4) is 0 Å². The van der Waals surface area contributed by atoms with Gasteiger partial charge in [0.15, 0.2) is 0 Å². The highest BCUT2D eigenvalue weighted by molar-refractivity contribution is 5.73. The van der Waals surface area contributed by atoms with Crippen molar-refractivity contribution in [3.8, 4) is 5.75 Å². The van der Waals surface area contributed by atoms with Crippen molar-refractivity contribution in [2.75, 3.05) is 12.5 Å². The summed E-state index contributed by atoms with van der Waals surface area (Å²) in [6.07, 6.45) is 1.52. The average Bonchev–Trinajstić information content (AvgIpc) is 2.15. The van der Waals surface area contributed by atoms with E-state index in [-0.39, 0.29) is 0 Å². The Labute approximate surface area is 75.1 Å². The van der Waals surface area contributed by atoms with Crippen LogP contribution in [-0.4, -0.2) is 18.1 Å². The zero-order chi connectivity index (χ0) is 9.68. The predicted octanol–water partition coefficient (Wildman–Crippen LogP) is 0.0854. The van der Waals surface area contributed by atoms with E-state index in [1.165, 1.54) is 6.20 Å².